The van der Waals surface area contributed by atoms with Crippen LogP contribution in [0.25, 0.3) is 0 Å². The summed E-state index contributed by atoms with van der Waals surface area (Å²) in [5, 5.41) is 9.41. The van der Waals surface area contributed by atoms with Crippen LogP contribution in [-0.4, -0.2) is 29.1 Å². The summed E-state index contributed by atoms with van der Waals surface area (Å²) in [4.78, 5) is 7.21. The molecule has 0 aromatic rings. The van der Waals surface area contributed by atoms with Crippen LogP contribution in [0, 0.1) is 0 Å². The third kappa shape index (κ3) is 8.76. The van der Waals surface area contributed by atoms with Crippen molar-refractivity contribution in [2.24, 2.45) is 0 Å². The van der Waals surface area contributed by atoms with Gasteiger partial charge < -0.3 is 0 Å². The molecule has 0 radical (unpaired) electrons. The van der Waals surface area contributed by atoms with Crippen LogP contribution in [0.15, 0.2) is 0 Å². The molecule has 0 fully saturated rings. The predicted octanol–water partition coefficient (Wildman–Crippen LogP) is 2.49. The Morgan fingerprint density at radius 2 is 1.60 bits per heavy atom. The monoisotopic (exact) mass is 252 g/mol. The Bertz CT molecular complexity index is 82.8. The molecule has 0 aromatic heterocycles. The number of aliphatic hydroxyl groups is 1. The van der Waals surface area contributed by atoms with Crippen LogP contribution in [0.1, 0.15) is 20.3 Å². The Morgan fingerprint density at radius 1 is 1.20 bits per heavy atom. The normalized spacial score (nSPS) is 13.8. The maximum atomic E-state index is 9.41. The first kappa shape index (κ1) is 10.8. The van der Waals surface area contributed by atoms with Crippen molar-refractivity contribution in [2.75, 3.05) is 0 Å². The summed E-state index contributed by atoms with van der Waals surface area (Å²) in [6, 6.07) is 0. The number of hydrogen-bond acceptors (Lipinski definition) is 1. The maximum absolute atomic E-state index is 9.41. The summed E-state index contributed by atoms with van der Waals surface area (Å²) in [6.45, 7) is 3.79. The number of rotatable bonds is 3. The molecule has 1 nitrogen and oxygen atoms in total. The van der Waals surface area contributed by atoms with Gasteiger partial charge in [-0.05, 0) is 0 Å². The zero-order valence-corrected chi connectivity index (χ0v) is 10.7. The molecule has 62 valence electrons. The van der Waals surface area contributed by atoms with Gasteiger partial charge in [0.1, 0.15) is 0 Å². The van der Waals surface area contributed by atoms with Crippen molar-refractivity contribution in [3.05, 3.63) is 0 Å². The first-order valence-electron chi connectivity index (χ1n) is 3.93. The van der Waals surface area contributed by atoms with Crippen molar-refractivity contribution in [1.82, 2.24) is 0 Å². The standard InChI is InChI=1S/C5H11O.3CH3.Sn/c1-4-5(2,3)6;;;;/h6H,1,4H2,2-3H3;3*1H3;. The van der Waals surface area contributed by atoms with Gasteiger partial charge in [-0.1, -0.05) is 0 Å². The summed E-state index contributed by atoms with van der Waals surface area (Å²) in [6.07, 6.45) is 0.979. The molecule has 1 N–H and O–H groups in total. The van der Waals surface area contributed by atoms with Crippen LogP contribution < -0.4 is 0 Å². The Kier molecular flexibility index (Phi) is 3.70. The van der Waals surface area contributed by atoms with Crippen molar-refractivity contribution in [3.63, 3.8) is 0 Å². The van der Waals surface area contributed by atoms with Gasteiger partial charge in [-0.25, -0.2) is 0 Å². The number of hydrogen-bond donors (Lipinski definition) is 1. The zero-order chi connectivity index (χ0) is 8.41. The summed E-state index contributed by atoms with van der Waals surface area (Å²) in [7, 11) is 0. The molecule has 0 aliphatic heterocycles. The molecule has 0 unspecified atom stereocenters. The van der Waals surface area contributed by atoms with E-state index < -0.39 is 24.0 Å². The second kappa shape index (κ2) is 3.44. The predicted molar refractivity (Wildman–Crippen MR) is 49.1 cm³/mol. The topological polar surface area (TPSA) is 20.2 Å². The van der Waals surface area contributed by atoms with Gasteiger partial charge in [-0.3, -0.25) is 0 Å². The Morgan fingerprint density at radius 3 is 1.70 bits per heavy atom. The molecule has 0 saturated heterocycles. The van der Waals surface area contributed by atoms with Crippen LogP contribution in [0.4, 0.5) is 0 Å². The Labute approximate surface area is 68.7 Å². The van der Waals surface area contributed by atoms with Crippen molar-refractivity contribution in [2.45, 2.75) is 45.1 Å². The van der Waals surface area contributed by atoms with Crippen molar-refractivity contribution >= 4 is 18.4 Å². The van der Waals surface area contributed by atoms with E-state index in [-0.39, 0.29) is 0 Å². The first-order valence-corrected chi connectivity index (χ1v) is 14.5. The van der Waals surface area contributed by atoms with E-state index in [0.29, 0.717) is 0 Å². The van der Waals surface area contributed by atoms with Crippen LogP contribution in [-0.2, 0) is 0 Å². The molecule has 0 spiro atoms. The molecule has 0 atom stereocenters. The van der Waals surface area contributed by atoms with E-state index in [1.165, 1.54) is 4.44 Å². The van der Waals surface area contributed by atoms with E-state index >= 15 is 0 Å². The molecule has 0 aliphatic carbocycles. The second-order valence-electron chi connectivity index (χ2n) is 4.87. The molecule has 0 amide bonds. The van der Waals surface area contributed by atoms with Gasteiger partial charge in [0.05, 0.1) is 0 Å². The van der Waals surface area contributed by atoms with E-state index in [0.717, 1.165) is 6.42 Å². The Hall–Kier alpha value is 0.759. The van der Waals surface area contributed by atoms with Gasteiger partial charge in [-0.15, -0.1) is 0 Å². The fourth-order valence-electron chi connectivity index (χ4n) is 0.681. The first-order chi connectivity index (χ1) is 4.21. The van der Waals surface area contributed by atoms with Gasteiger partial charge in [0.2, 0.25) is 0 Å². The third-order valence-corrected chi connectivity index (χ3v) is 6.48. The van der Waals surface area contributed by atoms with Crippen LogP contribution in [0.5, 0.6) is 0 Å². The van der Waals surface area contributed by atoms with Gasteiger partial charge in [0.25, 0.3) is 0 Å². The minimum atomic E-state index is -1.58. The van der Waals surface area contributed by atoms with E-state index in [1.807, 2.05) is 13.8 Å². The van der Waals surface area contributed by atoms with E-state index in [1.54, 1.807) is 0 Å². The van der Waals surface area contributed by atoms with Gasteiger partial charge in [-0.2, -0.15) is 0 Å². The molecular formula is C8H20OSn. The van der Waals surface area contributed by atoms with Crippen molar-refractivity contribution in [3.8, 4) is 0 Å². The van der Waals surface area contributed by atoms with Gasteiger partial charge in [0, 0.05) is 0 Å². The fraction of sp³-hybridized carbons (Fsp3) is 1.00. The SMILES string of the molecule is CC(C)(O)C[CH2][Sn]([CH3])([CH3])[CH3]. The van der Waals surface area contributed by atoms with Gasteiger partial charge >= 0.3 is 68.6 Å². The quantitative estimate of drug-likeness (QED) is 0.764. The van der Waals surface area contributed by atoms with Crippen molar-refractivity contribution in [1.29, 1.82) is 0 Å². The average Bonchev–Trinajstić information content (AvgIpc) is 1.57. The van der Waals surface area contributed by atoms with E-state index in [2.05, 4.69) is 14.8 Å². The second-order valence-corrected chi connectivity index (χ2v) is 20.9. The molecule has 0 heterocycles. The summed E-state index contributed by atoms with van der Waals surface area (Å²) in [5.74, 6) is 0. The van der Waals surface area contributed by atoms with E-state index in [9.17, 15) is 5.11 Å². The molecule has 0 bridgehead atoms. The minimum absolute atomic E-state index is 0.440. The molecule has 0 aromatic carbocycles. The summed E-state index contributed by atoms with van der Waals surface area (Å²) < 4.78 is 1.29. The van der Waals surface area contributed by atoms with Crippen molar-refractivity contribution < 1.29 is 5.11 Å². The Balaban J connectivity index is 3.56. The molecule has 2 heteroatoms. The van der Waals surface area contributed by atoms with Crippen LogP contribution in [0.2, 0.25) is 19.3 Å². The third-order valence-electron chi connectivity index (χ3n) is 1.49. The zero-order valence-electron chi connectivity index (χ0n) is 7.86. The molecule has 0 rings (SSSR count). The molecule has 0 aliphatic rings. The van der Waals surface area contributed by atoms with Gasteiger partial charge in [0.15, 0.2) is 0 Å². The molecule has 0 saturated carbocycles. The molecular weight excluding hydrogens is 231 g/mol. The van der Waals surface area contributed by atoms with E-state index in [4.69, 9.17) is 0 Å². The summed E-state index contributed by atoms with van der Waals surface area (Å²) in [5.41, 5.74) is -0.440. The fourth-order valence-corrected chi connectivity index (χ4v) is 4.57. The average molecular weight is 251 g/mol. The summed E-state index contributed by atoms with van der Waals surface area (Å²) >= 11 is -1.58. The molecule has 10 heavy (non-hydrogen) atoms. The van der Waals surface area contributed by atoms with Crippen LogP contribution in [0.3, 0.4) is 0 Å². The van der Waals surface area contributed by atoms with Crippen LogP contribution >= 0.6 is 0 Å².